The Kier molecular flexibility index (Phi) is 0.678. The molecule has 44 valence electrons. The van der Waals surface area contributed by atoms with Crippen LogP contribution in [-0.2, 0) is 4.79 Å². The minimum atomic E-state index is 0.368. The molecule has 0 saturated carbocycles. The topological polar surface area (TPSA) is 20.3 Å². The van der Waals surface area contributed by atoms with Gasteiger partial charge in [0.25, 0.3) is 0 Å². The monoisotopic (exact) mass is 111 g/mol. The molecule has 8 heavy (non-hydrogen) atoms. The normalized spacial score (nSPS) is 34.8. The van der Waals surface area contributed by atoms with Crippen LogP contribution in [0.1, 0.15) is 19.3 Å². The Morgan fingerprint density at radius 1 is 1.62 bits per heavy atom. The number of carbonyl (C=O) groups is 1. The molecule has 0 aromatic heterocycles. The number of fused-ring (bicyclic) bond motifs is 1. The fourth-order valence-corrected chi connectivity index (χ4v) is 1.58. The van der Waals surface area contributed by atoms with Crippen LogP contribution in [0.15, 0.2) is 0 Å². The quantitative estimate of drug-likeness (QED) is 0.414. The molecule has 0 radical (unpaired) electrons. The lowest BCUT2D eigenvalue weighted by Crippen LogP contribution is -2.47. The van der Waals surface area contributed by atoms with Crippen molar-refractivity contribution in [3.63, 3.8) is 0 Å². The molecule has 0 aromatic rings. The van der Waals surface area contributed by atoms with E-state index in [0.29, 0.717) is 11.9 Å². The summed E-state index contributed by atoms with van der Waals surface area (Å²) < 4.78 is 0. The number of rotatable bonds is 0. The van der Waals surface area contributed by atoms with Crippen molar-refractivity contribution in [1.29, 1.82) is 0 Å². The lowest BCUT2D eigenvalue weighted by Gasteiger charge is -2.33. The Morgan fingerprint density at radius 3 is 3.00 bits per heavy atom. The van der Waals surface area contributed by atoms with Crippen LogP contribution in [0, 0.1) is 0 Å². The summed E-state index contributed by atoms with van der Waals surface area (Å²) in [5.74, 6) is 0.368. The number of nitrogens with zero attached hydrogens (tertiary/aromatic N) is 1. The van der Waals surface area contributed by atoms with E-state index >= 15 is 0 Å². The molecule has 2 nitrogen and oxygen atoms in total. The highest BCUT2D eigenvalue weighted by atomic mass is 16.2. The molecule has 2 saturated heterocycles. The van der Waals surface area contributed by atoms with E-state index in [2.05, 4.69) is 0 Å². The third-order valence-corrected chi connectivity index (χ3v) is 2.11. The van der Waals surface area contributed by atoms with Crippen LogP contribution >= 0.6 is 0 Å². The summed E-state index contributed by atoms with van der Waals surface area (Å²) in [6.45, 7) is 1.03. The Hall–Kier alpha value is -0.530. The number of hydrogen-bond donors (Lipinski definition) is 0. The van der Waals surface area contributed by atoms with Gasteiger partial charge in [-0.3, -0.25) is 4.79 Å². The van der Waals surface area contributed by atoms with Gasteiger partial charge in [0.2, 0.25) is 5.91 Å². The number of carbonyl (C=O) groups excluding carboxylic acids is 1. The Morgan fingerprint density at radius 2 is 2.50 bits per heavy atom. The molecule has 1 atom stereocenters. The lowest BCUT2D eigenvalue weighted by atomic mass is 10.0. The summed E-state index contributed by atoms with van der Waals surface area (Å²) in [6, 6.07) is 0.655. The molecule has 2 heterocycles. The lowest BCUT2D eigenvalue weighted by molar-refractivity contribution is -0.142. The van der Waals surface area contributed by atoms with Crippen LogP contribution in [0.25, 0.3) is 0 Å². The zero-order chi connectivity index (χ0) is 5.56. The third kappa shape index (κ3) is 0.358. The largest absolute Gasteiger partial charge is 0.339 e. The maximum absolute atomic E-state index is 10.6. The van der Waals surface area contributed by atoms with Crippen molar-refractivity contribution in [2.45, 2.75) is 25.3 Å². The zero-order valence-corrected chi connectivity index (χ0v) is 4.76. The Balaban J connectivity index is 2.11. The molecule has 2 aliphatic heterocycles. The van der Waals surface area contributed by atoms with Crippen LogP contribution in [0.2, 0.25) is 0 Å². The van der Waals surface area contributed by atoms with E-state index in [-0.39, 0.29) is 0 Å². The van der Waals surface area contributed by atoms with Crippen molar-refractivity contribution in [2.75, 3.05) is 6.54 Å². The van der Waals surface area contributed by atoms with Gasteiger partial charge in [0.15, 0.2) is 0 Å². The predicted molar refractivity (Wildman–Crippen MR) is 29.4 cm³/mol. The molecule has 2 rings (SSSR count). The first kappa shape index (κ1) is 4.36. The second-order valence-electron chi connectivity index (χ2n) is 2.59. The van der Waals surface area contributed by atoms with Gasteiger partial charge in [0.1, 0.15) is 0 Å². The van der Waals surface area contributed by atoms with E-state index < -0.39 is 0 Å². The second-order valence-corrected chi connectivity index (χ2v) is 2.59. The maximum Gasteiger partial charge on any atom is 0.224 e. The van der Waals surface area contributed by atoms with Gasteiger partial charge in [-0.2, -0.15) is 0 Å². The summed E-state index contributed by atoms with van der Waals surface area (Å²) in [6.07, 6.45) is 3.32. The zero-order valence-electron chi connectivity index (χ0n) is 4.76. The van der Waals surface area contributed by atoms with Crippen molar-refractivity contribution in [3.8, 4) is 0 Å². The first-order valence-electron chi connectivity index (χ1n) is 3.17. The van der Waals surface area contributed by atoms with Crippen molar-refractivity contribution < 1.29 is 4.79 Å². The molecule has 0 bridgehead atoms. The highest BCUT2D eigenvalue weighted by molar-refractivity contribution is 5.83. The minimum absolute atomic E-state index is 0.368. The van der Waals surface area contributed by atoms with Crippen LogP contribution < -0.4 is 0 Å². The molecule has 1 amide bonds. The predicted octanol–water partition coefficient (Wildman–Crippen LogP) is 0.381. The average Bonchev–Trinajstić information content (AvgIpc) is 2.09. The molecule has 2 heteroatoms. The summed E-state index contributed by atoms with van der Waals surface area (Å²) >= 11 is 0. The van der Waals surface area contributed by atoms with Gasteiger partial charge >= 0.3 is 0 Å². The van der Waals surface area contributed by atoms with Gasteiger partial charge in [-0.05, 0) is 12.8 Å². The smallest absolute Gasteiger partial charge is 0.224 e. The number of β-lactam (4-membered cyclic amide) rings is 1. The molecule has 2 aliphatic rings. The fraction of sp³-hybridized carbons (Fsp3) is 0.833. The van der Waals surface area contributed by atoms with Crippen molar-refractivity contribution in [3.05, 3.63) is 0 Å². The van der Waals surface area contributed by atoms with Crippen molar-refractivity contribution in [2.24, 2.45) is 0 Å². The van der Waals surface area contributed by atoms with E-state index in [1.54, 1.807) is 0 Å². The van der Waals surface area contributed by atoms with E-state index in [4.69, 9.17) is 0 Å². The highest BCUT2D eigenvalue weighted by Gasteiger charge is 2.38. The van der Waals surface area contributed by atoms with Crippen LogP contribution in [-0.4, -0.2) is 23.4 Å². The van der Waals surface area contributed by atoms with E-state index in [1.807, 2.05) is 4.90 Å². The van der Waals surface area contributed by atoms with Crippen LogP contribution in [0.5, 0.6) is 0 Å². The minimum Gasteiger partial charge on any atom is -0.339 e. The number of amides is 1. The van der Waals surface area contributed by atoms with Crippen LogP contribution in [0.4, 0.5) is 0 Å². The van der Waals surface area contributed by atoms with Gasteiger partial charge in [-0.15, -0.1) is 0 Å². The summed E-state index contributed by atoms with van der Waals surface area (Å²) in [5.41, 5.74) is 0. The summed E-state index contributed by atoms with van der Waals surface area (Å²) in [4.78, 5) is 12.6. The third-order valence-electron chi connectivity index (χ3n) is 2.11. The van der Waals surface area contributed by atoms with Gasteiger partial charge in [-0.1, -0.05) is 0 Å². The molecule has 0 spiro atoms. The summed E-state index contributed by atoms with van der Waals surface area (Å²) in [7, 11) is 0. The SMILES string of the molecule is O=C1C[C@@H]2CCCN12. The Bertz CT molecular complexity index is 132. The second kappa shape index (κ2) is 1.24. The Labute approximate surface area is 48.5 Å². The first-order valence-corrected chi connectivity index (χ1v) is 3.17. The standard InChI is InChI=1S/C6H9NO/c8-6-4-5-2-1-3-7(5)6/h5H,1-4H2/t5-/m0/s1. The maximum atomic E-state index is 10.6. The first-order chi connectivity index (χ1) is 3.88. The van der Waals surface area contributed by atoms with E-state index in [0.717, 1.165) is 13.0 Å². The van der Waals surface area contributed by atoms with Gasteiger partial charge in [0, 0.05) is 19.0 Å². The molecule has 0 N–H and O–H groups in total. The van der Waals surface area contributed by atoms with E-state index in [1.165, 1.54) is 12.8 Å². The van der Waals surface area contributed by atoms with Crippen molar-refractivity contribution >= 4 is 5.91 Å². The summed E-state index contributed by atoms with van der Waals surface area (Å²) in [5, 5.41) is 0. The average molecular weight is 111 g/mol. The molecule has 0 unspecified atom stereocenters. The fourth-order valence-electron chi connectivity index (χ4n) is 1.58. The molecule has 0 aromatic carbocycles. The van der Waals surface area contributed by atoms with E-state index in [9.17, 15) is 4.79 Å². The number of hydrogen-bond acceptors (Lipinski definition) is 1. The molecule has 0 aliphatic carbocycles. The molecular weight excluding hydrogens is 102 g/mol. The molecular formula is C6H9NO. The highest BCUT2D eigenvalue weighted by Crippen LogP contribution is 2.29. The van der Waals surface area contributed by atoms with Crippen molar-refractivity contribution in [1.82, 2.24) is 4.90 Å². The van der Waals surface area contributed by atoms with Gasteiger partial charge < -0.3 is 4.90 Å². The van der Waals surface area contributed by atoms with Gasteiger partial charge in [-0.25, -0.2) is 0 Å². The van der Waals surface area contributed by atoms with Gasteiger partial charge in [0.05, 0.1) is 0 Å². The van der Waals surface area contributed by atoms with Crippen LogP contribution in [0.3, 0.4) is 0 Å². The molecule has 2 fully saturated rings.